The Balaban J connectivity index is 2.29. The Hall–Kier alpha value is -1.47. The van der Waals surface area contributed by atoms with Crippen LogP contribution in [-0.2, 0) is 9.84 Å². The van der Waals surface area contributed by atoms with E-state index in [0.717, 1.165) is 23.0 Å². The number of hydrogen-bond acceptors (Lipinski definition) is 5. The van der Waals surface area contributed by atoms with Crippen LogP contribution in [0.25, 0.3) is 0 Å². The van der Waals surface area contributed by atoms with Crippen LogP contribution in [0, 0.1) is 12.7 Å². The summed E-state index contributed by atoms with van der Waals surface area (Å²) in [6, 6.07) is 3.51. The second kappa shape index (κ2) is 5.49. The summed E-state index contributed by atoms with van der Waals surface area (Å²) in [7, 11) is -3.36. The molecule has 2 rings (SSSR count). The number of sulfone groups is 1. The molecular formula is C13H15FN2O2S2. The van der Waals surface area contributed by atoms with E-state index in [4.69, 9.17) is 0 Å². The maximum absolute atomic E-state index is 13.8. The lowest BCUT2D eigenvalue weighted by molar-refractivity contribution is 0.600. The van der Waals surface area contributed by atoms with Crippen LogP contribution < -0.4 is 5.32 Å². The lowest BCUT2D eigenvalue weighted by Gasteiger charge is -2.14. The van der Waals surface area contributed by atoms with E-state index < -0.39 is 15.7 Å². The predicted molar refractivity (Wildman–Crippen MR) is 78.4 cm³/mol. The van der Waals surface area contributed by atoms with Crippen LogP contribution >= 0.6 is 11.3 Å². The molecule has 0 spiro atoms. The molecular weight excluding hydrogens is 299 g/mol. The molecule has 1 atom stereocenters. The van der Waals surface area contributed by atoms with Crippen LogP contribution in [0.1, 0.15) is 23.7 Å². The molecule has 1 aromatic heterocycles. The van der Waals surface area contributed by atoms with E-state index >= 15 is 0 Å². The van der Waals surface area contributed by atoms with Gasteiger partial charge < -0.3 is 5.32 Å². The maximum atomic E-state index is 13.8. The molecule has 1 N–H and O–H groups in total. The van der Waals surface area contributed by atoms with Gasteiger partial charge in [-0.2, -0.15) is 0 Å². The molecule has 20 heavy (non-hydrogen) atoms. The van der Waals surface area contributed by atoms with Crippen LogP contribution in [0.3, 0.4) is 0 Å². The molecule has 1 aromatic carbocycles. The Labute approximate surface area is 121 Å². The molecule has 0 aliphatic heterocycles. The molecule has 0 aliphatic rings. The predicted octanol–water partition coefficient (Wildman–Crippen LogP) is 3.17. The molecule has 2 aromatic rings. The molecule has 0 aliphatic carbocycles. The van der Waals surface area contributed by atoms with Gasteiger partial charge in [-0.3, -0.25) is 0 Å². The second-order valence-electron chi connectivity index (χ2n) is 4.57. The number of aryl methyl sites for hydroxylation is 1. The van der Waals surface area contributed by atoms with Crippen molar-refractivity contribution in [2.75, 3.05) is 11.6 Å². The van der Waals surface area contributed by atoms with Crippen molar-refractivity contribution >= 4 is 26.9 Å². The van der Waals surface area contributed by atoms with Gasteiger partial charge in [0.05, 0.1) is 27.3 Å². The number of aromatic nitrogens is 1. The molecule has 108 valence electrons. The van der Waals surface area contributed by atoms with E-state index in [-0.39, 0.29) is 16.6 Å². The minimum atomic E-state index is -3.36. The minimum absolute atomic E-state index is 0.0862. The summed E-state index contributed by atoms with van der Waals surface area (Å²) in [5, 5.41) is 5.78. The summed E-state index contributed by atoms with van der Waals surface area (Å²) >= 11 is 1.51. The van der Waals surface area contributed by atoms with E-state index in [9.17, 15) is 12.8 Å². The van der Waals surface area contributed by atoms with Gasteiger partial charge in [0, 0.05) is 11.6 Å². The summed E-state index contributed by atoms with van der Waals surface area (Å²) in [5.74, 6) is -0.490. The summed E-state index contributed by atoms with van der Waals surface area (Å²) in [6.07, 6.45) is 1.09. The molecule has 7 heteroatoms. The normalized spacial score (nSPS) is 13.2. The standard InChI is InChI=1S/C13H15FN2O2S2/c1-8(13-7-19-9(2)16-13)15-12-6-10(20(3,17)18)4-5-11(12)14/h4-8,15H,1-3H3. The molecule has 1 unspecified atom stereocenters. The molecule has 0 saturated carbocycles. The Morgan fingerprint density at radius 1 is 1.40 bits per heavy atom. The number of rotatable bonds is 4. The zero-order chi connectivity index (χ0) is 14.9. The first-order valence-corrected chi connectivity index (χ1v) is 8.72. The van der Waals surface area contributed by atoms with Crippen molar-refractivity contribution in [2.24, 2.45) is 0 Å². The highest BCUT2D eigenvalue weighted by molar-refractivity contribution is 7.90. The van der Waals surface area contributed by atoms with E-state index in [1.54, 1.807) is 0 Å². The van der Waals surface area contributed by atoms with Gasteiger partial charge in [0.25, 0.3) is 0 Å². The van der Waals surface area contributed by atoms with Crippen LogP contribution in [0.4, 0.5) is 10.1 Å². The third-order valence-electron chi connectivity index (χ3n) is 2.82. The number of nitrogens with zero attached hydrogens (tertiary/aromatic N) is 1. The summed E-state index contributed by atoms with van der Waals surface area (Å²) in [4.78, 5) is 4.41. The van der Waals surface area contributed by atoms with Gasteiger partial charge in [-0.1, -0.05) is 0 Å². The zero-order valence-electron chi connectivity index (χ0n) is 11.3. The van der Waals surface area contributed by atoms with Crippen LogP contribution in [0.5, 0.6) is 0 Å². The fourth-order valence-electron chi connectivity index (χ4n) is 1.73. The van der Waals surface area contributed by atoms with Crippen LogP contribution in [-0.4, -0.2) is 19.7 Å². The Kier molecular flexibility index (Phi) is 4.10. The second-order valence-corrected chi connectivity index (χ2v) is 7.65. The lowest BCUT2D eigenvalue weighted by Crippen LogP contribution is -2.09. The third-order valence-corrected chi connectivity index (χ3v) is 4.72. The number of halogens is 1. The monoisotopic (exact) mass is 314 g/mol. The van der Waals surface area contributed by atoms with E-state index in [1.165, 1.54) is 23.5 Å². The van der Waals surface area contributed by atoms with Gasteiger partial charge in [-0.15, -0.1) is 11.3 Å². The highest BCUT2D eigenvalue weighted by Gasteiger charge is 2.14. The highest BCUT2D eigenvalue weighted by Crippen LogP contribution is 2.25. The van der Waals surface area contributed by atoms with Gasteiger partial charge >= 0.3 is 0 Å². The zero-order valence-corrected chi connectivity index (χ0v) is 13.0. The van der Waals surface area contributed by atoms with Crippen molar-refractivity contribution in [2.45, 2.75) is 24.8 Å². The third kappa shape index (κ3) is 3.34. The molecule has 0 fully saturated rings. The average Bonchev–Trinajstić information content (AvgIpc) is 2.77. The summed E-state index contributed by atoms with van der Waals surface area (Å²) in [5.41, 5.74) is 0.961. The van der Waals surface area contributed by atoms with Crippen molar-refractivity contribution < 1.29 is 12.8 Å². The Morgan fingerprint density at radius 2 is 2.10 bits per heavy atom. The maximum Gasteiger partial charge on any atom is 0.175 e. The Morgan fingerprint density at radius 3 is 2.65 bits per heavy atom. The molecule has 0 amide bonds. The molecule has 0 radical (unpaired) electrons. The summed E-state index contributed by atoms with van der Waals surface area (Å²) < 4.78 is 36.8. The SMILES string of the molecule is Cc1nc(C(C)Nc2cc(S(C)(=O)=O)ccc2F)cs1. The molecule has 1 heterocycles. The number of benzene rings is 1. The van der Waals surface area contributed by atoms with Gasteiger partial charge in [-0.25, -0.2) is 17.8 Å². The molecule has 0 bridgehead atoms. The van der Waals surface area contributed by atoms with Gasteiger partial charge in [-0.05, 0) is 32.0 Å². The van der Waals surface area contributed by atoms with Crippen molar-refractivity contribution in [3.05, 3.63) is 40.1 Å². The largest absolute Gasteiger partial charge is 0.375 e. The molecule has 4 nitrogen and oxygen atoms in total. The number of nitrogens with one attached hydrogen (secondary N) is 1. The van der Waals surface area contributed by atoms with E-state index in [1.807, 2.05) is 19.2 Å². The number of hydrogen-bond donors (Lipinski definition) is 1. The van der Waals surface area contributed by atoms with E-state index in [2.05, 4.69) is 10.3 Å². The highest BCUT2D eigenvalue weighted by atomic mass is 32.2. The van der Waals surface area contributed by atoms with Crippen molar-refractivity contribution in [1.29, 1.82) is 0 Å². The van der Waals surface area contributed by atoms with Gasteiger partial charge in [0.1, 0.15) is 5.82 Å². The quantitative estimate of drug-likeness (QED) is 0.881. The number of anilines is 1. The lowest BCUT2D eigenvalue weighted by atomic mass is 10.2. The van der Waals surface area contributed by atoms with Gasteiger partial charge in [0.2, 0.25) is 0 Å². The molecule has 0 saturated heterocycles. The smallest absolute Gasteiger partial charge is 0.175 e. The van der Waals surface area contributed by atoms with Gasteiger partial charge in [0.15, 0.2) is 9.84 Å². The average molecular weight is 314 g/mol. The van der Waals surface area contributed by atoms with Crippen molar-refractivity contribution in [1.82, 2.24) is 4.98 Å². The van der Waals surface area contributed by atoms with Crippen molar-refractivity contribution in [3.8, 4) is 0 Å². The first-order chi connectivity index (χ1) is 9.27. The van der Waals surface area contributed by atoms with Crippen LogP contribution in [0.15, 0.2) is 28.5 Å². The minimum Gasteiger partial charge on any atom is -0.375 e. The summed E-state index contributed by atoms with van der Waals surface area (Å²) in [6.45, 7) is 3.74. The number of thiazole rings is 1. The van der Waals surface area contributed by atoms with Crippen molar-refractivity contribution in [3.63, 3.8) is 0 Å². The Bertz CT molecular complexity index is 726. The van der Waals surface area contributed by atoms with E-state index in [0.29, 0.717) is 0 Å². The fourth-order valence-corrected chi connectivity index (χ4v) is 3.09. The van der Waals surface area contributed by atoms with Crippen LogP contribution in [0.2, 0.25) is 0 Å². The fraction of sp³-hybridized carbons (Fsp3) is 0.308. The first-order valence-electron chi connectivity index (χ1n) is 5.95. The topological polar surface area (TPSA) is 59.1 Å². The first kappa shape index (κ1) is 14.9.